The molecule has 2 aliphatic carbocycles. The lowest BCUT2D eigenvalue weighted by molar-refractivity contribution is 0.514. The number of hydrogen-bond donors (Lipinski definition) is 1. The minimum Gasteiger partial charge on any atom is -0.359 e. The number of nitrogens with one attached hydrogen (secondary N) is 1. The molecule has 0 aromatic heterocycles. The Balaban J connectivity index is 1.68. The molecule has 3 heteroatoms. The van der Waals surface area contributed by atoms with E-state index in [1.807, 2.05) is 11.8 Å². The van der Waals surface area contributed by atoms with Gasteiger partial charge in [0.2, 0.25) is 0 Å². The largest absolute Gasteiger partial charge is 0.359 e. The lowest BCUT2D eigenvalue weighted by Crippen LogP contribution is -2.37. The van der Waals surface area contributed by atoms with E-state index < -0.39 is 0 Å². The minimum atomic E-state index is 0.251. The summed E-state index contributed by atoms with van der Waals surface area (Å²) in [5.74, 6) is 3.01. The van der Waals surface area contributed by atoms with Gasteiger partial charge >= 0.3 is 0 Å². The zero-order valence-corrected chi connectivity index (χ0v) is 10.4. The fraction of sp³-hybridized carbons (Fsp3) is 0.917. The Kier molecular flexibility index (Phi) is 2.27. The molecule has 0 amide bonds. The fourth-order valence-electron chi connectivity index (χ4n) is 2.29. The summed E-state index contributed by atoms with van der Waals surface area (Å²) < 4.78 is 0. The van der Waals surface area contributed by atoms with E-state index in [1.54, 1.807) is 0 Å². The molecule has 2 saturated carbocycles. The van der Waals surface area contributed by atoms with Crippen molar-refractivity contribution in [3.63, 3.8) is 0 Å². The summed E-state index contributed by atoms with van der Waals surface area (Å²) in [7, 11) is 0. The number of rotatable bonds is 3. The molecule has 15 heavy (non-hydrogen) atoms. The van der Waals surface area contributed by atoms with Gasteiger partial charge in [-0.15, -0.1) is 0 Å². The second kappa shape index (κ2) is 3.41. The van der Waals surface area contributed by atoms with Crippen LogP contribution in [-0.2, 0) is 0 Å². The van der Waals surface area contributed by atoms with Crippen molar-refractivity contribution in [2.45, 2.75) is 51.1 Å². The third-order valence-corrected chi connectivity index (χ3v) is 4.84. The maximum atomic E-state index is 4.96. The van der Waals surface area contributed by atoms with Crippen LogP contribution in [0.4, 0.5) is 0 Å². The van der Waals surface area contributed by atoms with Crippen molar-refractivity contribution in [1.82, 2.24) is 5.32 Å². The van der Waals surface area contributed by atoms with Gasteiger partial charge in [-0.25, -0.2) is 0 Å². The van der Waals surface area contributed by atoms with E-state index in [0.29, 0.717) is 6.04 Å². The summed E-state index contributed by atoms with van der Waals surface area (Å²) >= 11 is 1.91. The van der Waals surface area contributed by atoms with Crippen LogP contribution in [-0.4, -0.2) is 22.5 Å². The Morgan fingerprint density at radius 1 is 1.27 bits per heavy atom. The molecule has 3 rings (SSSR count). The molecule has 0 aromatic rings. The summed E-state index contributed by atoms with van der Waals surface area (Å²) in [5, 5.41) is 4.75. The molecule has 0 unspecified atom stereocenters. The third kappa shape index (κ3) is 2.32. The maximum absolute atomic E-state index is 4.96. The van der Waals surface area contributed by atoms with Gasteiger partial charge in [-0.05, 0) is 51.4 Å². The molecule has 3 fully saturated rings. The highest BCUT2D eigenvalue weighted by atomic mass is 32.2. The van der Waals surface area contributed by atoms with Crippen molar-refractivity contribution in [2.75, 3.05) is 5.75 Å². The predicted octanol–water partition coefficient (Wildman–Crippen LogP) is 2.65. The average molecular weight is 224 g/mol. The Hall–Kier alpha value is -0.180. The van der Waals surface area contributed by atoms with E-state index in [0.717, 1.165) is 17.6 Å². The van der Waals surface area contributed by atoms with Crippen molar-refractivity contribution < 1.29 is 0 Å². The van der Waals surface area contributed by atoms with Crippen LogP contribution in [0.2, 0.25) is 0 Å². The highest BCUT2D eigenvalue weighted by molar-refractivity contribution is 8.14. The Bertz CT molecular complexity index is 278. The smallest absolute Gasteiger partial charge is 0.157 e. The van der Waals surface area contributed by atoms with Crippen molar-refractivity contribution in [2.24, 2.45) is 16.8 Å². The quantitative estimate of drug-likeness (QED) is 0.797. The van der Waals surface area contributed by atoms with Gasteiger partial charge in [0, 0.05) is 11.3 Å². The standard InChI is InChI=1S/C12H20N2S/c1-12(2)7-15-11(14-12)13-10(8-3-4-8)9-5-6-9/h8-10H,3-7H2,1-2H3,(H,13,14). The molecular weight excluding hydrogens is 204 g/mol. The summed E-state index contributed by atoms with van der Waals surface area (Å²) in [6.07, 6.45) is 5.69. The molecule has 1 N–H and O–H groups in total. The van der Waals surface area contributed by atoms with E-state index in [2.05, 4.69) is 19.2 Å². The molecule has 2 nitrogen and oxygen atoms in total. The van der Waals surface area contributed by atoms with Crippen LogP contribution in [0.15, 0.2) is 4.99 Å². The SMILES string of the molecule is CC1(C)CSC(=NC(C2CC2)C2CC2)N1. The fourth-order valence-corrected chi connectivity index (χ4v) is 3.40. The molecular formula is C12H20N2S. The second-order valence-corrected chi connectivity index (χ2v) is 6.86. The normalized spacial score (nSPS) is 32.3. The van der Waals surface area contributed by atoms with E-state index in [1.165, 1.54) is 30.9 Å². The number of thioether (sulfide) groups is 1. The van der Waals surface area contributed by atoms with Crippen LogP contribution >= 0.6 is 11.8 Å². The van der Waals surface area contributed by atoms with Gasteiger partial charge in [-0.2, -0.15) is 0 Å². The average Bonchev–Trinajstić information content (AvgIpc) is 3.02. The number of amidine groups is 1. The molecule has 0 atom stereocenters. The Labute approximate surface area is 96.3 Å². The van der Waals surface area contributed by atoms with E-state index in [4.69, 9.17) is 4.99 Å². The molecule has 0 bridgehead atoms. The van der Waals surface area contributed by atoms with E-state index >= 15 is 0 Å². The van der Waals surface area contributed by atoms with E-state index in [-0.39, 0.29) is 5.54 Å². The van der Waals surface area contributed by atoms with Gasteiger partial charge in [0.05, 0.1) is 6.04 Å². The van der Waals surface area contributed by atoms with Crippen LogP contribution in [0.1, 0.15) is 39.5 Å². The molecule has 1 saturated heterocycles. The van der Waals surface area contributed by atoms with Crippen LogP contribution in [0, 0.1) is 11.8 Å². The van der Waals surface area contributed by atoms with Gasteiger partial charge in [-0.3, -0.25) is 4.99 Å². The highest BCUT2D eigenvalue weighted by Gasteiger charge is 2.42. The summed E-state index contributed by atoms with van der Waals surface area (Å²) in [5.41, 5.74) is 0.251. The first-order chi connectivity index (χ1) is 7.14. The zero-order valence-electron chi connectivity index (χ0n) is 9.62. The van der Waals surface area contributed by atoms with Gasteiger partial charge in [0.25, 0.3) is 0 Å². The molecule has 0 radical (unpaired) electrons. The van der Waals surface area contributed by atoms with Crippen LogP contribution < -0.4 is 5.32 Å². The number of nitrogens with zero attached hydrogens (tertiary/aromatic N) is 1. The third-order valence-electron chi connectivity index (χ3n) is 3.49. The molecule has 1 aliphatic heterocycles. The summed E-state index contributed by atoms with van der Waals surface area (Å²) in [4.78, 5) is 4.96. The lowest BCUT2D eigenvalue weighted by atomic mass is 10.1. The first-order valence-electron chi connectivity index (χ1n) is 6.13. The Morgan fingerprint density at radius 3 is 2.27 bits per heavy atom. The zero-order chi connectivity index (χ0) is 10.5. The van der Waals surface area contributed by atoms with Crippen molar-refractivity contribution in [3.8, 4) is 0 Å². The van der Waals surface area contributed by atoms with Crippen LogP contribution in [0.25, 0.3) is 0 Å². The van der Waals surface area contributed by atoms with Crippen molar-refractivity contribution in [3.05, 3.63) is 0 Å². The molecule has 0 aromatic carbocycles. The molecule has 84 valence electrons. The molecule has 3 aliphatic rings. The van der Waals surface area contributed by atoms with Crippen LogP contribution in [0.3, 0.4) is 0 Å². The summed E-state index contributed by atoms with van der Waals surface area (Å²) in [6, 6.07) is 0.661. The number of hydrogen-bond acceptors (Lipinski definition) is 2. The molecule has 0 spiro atoms. The number of aliphatic imine (C=N–C) groups is 1. The van der Waals surface area contributed by atoms with Crippen molar-refractivity contribution in [1.29, 1.82) is 0 Å². The van der Waals surface area contributed by atoms with Crippen molar-refractivity contribution >= 4 is 16.9 Å². The molecule has 1 heterocycles. The van der Waals surface area contributed by atoms with Gasteiger partial charge in [-0.1, -0.05) is 11.8 Å². The minimum absolute atomic E-state index is 0.251. The Morgan fingerprint density at radius 2 is 1.87 bits per heavy atom. The maximum Gasteiger partial charge on any atom is 0.157 e. The second-order valence-electron chi connectivity index (χ2n) is 5.90. The first-order valence-corrected chi connectivity index (χ1v) is 7.11. The summed E-state index contributed by atoms with van der Waals surface area (Å²) in [6.45, 7) is 4.51. The lowest BCUT2D eigenvalue weighted by Gasteiger charge is -2.17. The monoisotopic (exact) mass is 224 g/mol. The van der Waals surface area contributed by atoms with Gasteiger partial charge < -0.3 is 5.32 Å². The topological polar surface area (TPSA) is 24.4 Å². The highest BCUT2D eigenvalue weighted by Crippen LogP contribution is 2.46. The van der Waals surface area contributed by atoms with Crippen LogP contribution in [0.5, 0.6) is 0 Å². The predicted molar refractivity (Wildman–Crippen MR) is 66.3 cm³/mol. The van der Waals surface area contributed by atoms with Gasteiger partial charge in [0.15, 0.2) is 5.17 Å². The van der Waals surface area contributed by atoms with E-state index in [9.17, 15) is 0 Å². The first kappa shape index (κ1) is 10.0. The van der Waals surface area contributed by atoms with Gasteiger partial charge in [0.1, 0.15) is 0 Å².